The minimum absolute atomic E-state index is 0.452. The molecule has 0 spiro atoms. The predicted molar refractivity (Wildman–Crippen MR) is 45.6 cm³/mol. The summed E-state index contributed by atoms with van der Waals surface area (Å²) < 4.78 is 30.0. The van der Waals surface area contributed by atoms with Gasteiger partial charge in [-0.3, -0.25) is 0 Å². The van der Waals surface area contributed by atoms with Crippen molar-refractivity contribution in [2.45, 2.75) is 13.0 Å². The number of carbonyl (C=O) groups is 1. The summed E-state index contributed by atoms with van der Waals surface area (Å²) in [6.45, 7) is 1.39. The third kappa shape index (κ3) is 2.50. The van der Waals surface area contributed by atoms with E-state index >= 15 is 0 Å². The standard InChI is InChI=1S/C9H9F2NO2/c1-5(12)9(13)14-8-4-6(10)2-3-7(8)11/h2-5H,12H2,1H3/t5-/m0/s1. The van der Waals surface area contributed by atoms with Gasteiger partial charge in [0, 0.05) is 6.07 Å². The summed E-state index contributed by atoms with van der Waals surface area (Å²) >= 11 is 0. The van der Waals surface area contributed by atoms with E-state index in [2.05, 4.69) is 4.74 Å². The molecule has 0 aliphatic rings. The number of rotatable bonds is 2. The van der Waals surface area contributed by atoms with Crippen molar-refractivity contribution in [3.8, 4) is 5.75 Å². The van der Waals surface area contributed by atoms with Gasteiger partial charge in [-0.25, -0.2) is 13.6 Å². The first-order valence-electron chi connectivity index (χ1n) is 3.93. The van der Waals surface area contributed by atoms with Crippen molar-refractivity contribution < 1.29 is 18.3 Å². The third-order valence-electron chi connectivity index (χ3n) is 1.48. The van der Waals surface area contributed by atoms with Crippen LogP contribution in [0.1, 0.15) is 6.92 Å². The zero-order valence-electron chi connectivity index (χ0n) is 7.46. The molecule has 5 heteroatoms. The summed E-state index contributed by atoms with van der Waals surface area (Å²) in [5.41, 5.74) is 5.18. The van der Waals surface area contributed by atoms with E-state index in [4.69, 9.17) is 5.73 Å². The maximum absolute atomic E-state index is 12.9. The van der Waals surface area contributed by atoms with E-state index in [1.807, 2.05) is 0 Å². The molecule has 0 aliphatic heterocycles. The van der Waals surface area contributed by atoms with Gasteiger partial charge in [0.25, 0.3) is 0 Å². The Hall–Kier alpha value is -1.49. The lowest BCUT2D eigenvalue weighted by Crippen LogP contribution is -2.31. The Labute approximate surface area is 79.5 Å². The van der Waals surface area contributed by atoms with Gasteiger partial charge >= 0.3 is 5.97 Å². The molecule has 2 N–H and O–H groups in total. The maximum atomic E-state index is 12.9. The number of halogens is 2. The zero-order chi connectivity index (χ0) is 10.7. The van der Waals surface area contributed by atoms with Crippen LogP contribution < -0.4 is 10.5 Å². The van der Waals surface area contributed by atoms with E-state index < -0.39 is 29.4 Å². The number of hydrogen-bond acceptors (Lipinski definition) is 3. The van der Waals surface area contributed by atoms with Crippen LogP contribution >= 0.6 is 0 Å². The van der Waals surface area contributed by atoms with Crippen molar-refractivity contribution in [3.63, 3.8) is 0 Å². The lowest BCUT2D eigenvalue weighted by Gasteiger charge is -2.07. The van der Waals surface area contributed by atoms with Crippen molar-refractivity contribution in [1.82, 2.24) is 0 Å². The normalized spacial score (nSPS) is 12.3. The number of nitrogens with two attached hydrogens (primary N) is 1. The molecule has 0 heterocycles. The van der Waals surface area contributed by atoms with E-state index in [1.54, 1.807) is 0 Å². The van der Waals surface area contributed by atoms with Gasteiger partial charge in [0.15, 0.2) is 11.6 Å². The third-order valence-corrected chi connectivity index (χ3v) is 1.48. The van der Waals surface area contributed by atoms with Crippen LogP contribution in [0.15, 0.2) is 18.2 Å². The molecule has 1 aromatic carbocycles. The second kappa shape index (κ2) is 4.15. The minimum Gasteiger partial charge on any atom is -0.422 e. The number of carbonyl (C=O) groups excluding carboxylic acids is 1. The molecule has 0 saturated heterocycles. The average molecular weight is 201 g/mol. The molecule has 0 bridgehead atoms. The Morgan fingerprint density at radius 1 is 1.50 bits per heavy atom. The van der Waals surface area contributed by atoms with Gasteiger partial charge in [-0.2, -0.15) is 0 Å². The van der Waals surface area contributed by atoms with Crippen molar-refractivity contribution in [3.05, 3.63) is 29.8 Å². The lowest BCUT2D eigenvalue weighted by molar-refractivity contribution is -0.135. The predicted octanol–water partition coefficient (Wildman–Crippen LogP) is 1.22. The van der Waals surface area contributed by atoms with Crippen LogP contribution in [-0.2, 0) is 4.79 Å². The van der Waals surface area contributed by atoms with E-state index in [9.17, 15) is 13.6 Å². The highest BCUT2D eigenvalue weighted by Gasteiger charge is 2.13. The summed E-state index contributed by atoms with van der Waals surface area (Å²) in [7, 11) is 0. The van der Waals surface area contributed by atoms with Gasteiger partial charge in [0.1, 0.15) is 11.9 Å². The van der Waals surface area contributed by atoms with Crippen LogP contribution in [0.3, 0.4) is 0 Å². The molecular formula is C9H9F2NO2. The van der Waals surface area contributed by atoms with Gasteiger partial charge in [0.05, 0.1) is 0 Å². The first-order valence-corrected chi connectivity index (χ1v) is 3.93. The smallest absolute Gasteiger partial charge is 0.328 e. The molecule has 0 amide bonds. The molecule has 3 nitrogen and oxygen atoms in total. The number of ether oxygens (including phenoxy) is 1. The van der Waals surface area contributed by atoms with E-state index in [-0.39, 0.29) is 0 Å². The second-order valence-corrected chi connectivity index (χ2v) is 2.78. The zero-order valence-corrected chi connectivity index (χ0v) is 7.46. The van der Waals surface area contributed by atoms with Crippen molar-refractivity contribution in [2.24, 2.45) is 5.73 Å². The maximum Gasteiger partial charge on any atom is 0.328 e. The lowest BCUT2D eigenvalue weighted by atomic mass is 10.3. The van der Waals surface area contributed by atoms with Gasteiger partial charge in [-0.15, -0.1) is 0 Å². The first kappa shape index (κ1) is 10.6. The van der Waals surface area contributed by atoms with Crippen LogP contribution in [0.5, 0.6) is 5.75 Å². The molecule has 1 atom stereocenters. The molecular weight excluding hydrogens is 192 g/mol. The summed E-state index contributed by atoms with van der Waals surface area (Å²) in [5.74, 6) is -2.75. The second-order valence-electron chi connectivity index (χ2n) is 2.78. The summed E-state index contributed by atoms with van der Waals surface area (Å²) in [6.07, 6.45) is 0. The molecule has 0 unspecified atom stereocenters. The molecule has 0 aliphatic carbocycles. The Morgan fingerprint density at radius 2 is 2.14 bits per heavy atom. The number of benzene rings is 1. The van der Waals surface area contributed by atoms with Gasteiger partial charge < -0.3 is 10.5 Å². The summed E-state index contributed by atoms with van der Waals surface area (Å²) in [4.78, 5) is 10.9. The highest BCUT2D eigenvalue weighted by atomic mass is 19.1. The Morgan fingerprint density at radius 3 is 2.71 bits per heavy atom. The SMILES string of the molecule is C[C@H](N)C(=O)Oc1cc(F)ccc1F. The first-order chi connectivity index (χ1) is 6.50. The average Bonchev–Trinajstić information content (AvgIpc) is 2.11. The van der Waals surface area contributed by atoms with Crippen LogP contribution in [0.4, 0.5) is 8.78 Å². The summed E-state index contributed by atoms with van der Waals surface area (Å²) in [6, 6.07) is 1.71. The number of esters is 1. The van der Waals surface area contributed by atoms with Crippen LogP contribution in [0, 0.1) is 11.6 Å². The fourth-order valence-electron chi connectivity index (χ4n) is 0.757. The fraction of sp³-hybridized carbons (Fsp3) is 0.222. The molecule has 0 fully saturated rings. The Bertz CT molecular complexity index is 353. The van der Waals surface area contributed by atoms with Crippen molar-refractivity contribution in [1.29, 1.82) is 0 Å². The topological polar surface area (TPSA) is 52.3 Å². The molecule has 0 radical (unpaired) electrons. The van der Waals surface area contributed by atoms with Crippen molar-refractivity contribution >= 4 is 5.97 Å². The van der Waals surface area contributed by atoms with E-state index in [0.29, 0.717) is 0 Å². The van der Waals surface area contributed by atoms with Gasteiger partial charge in [-0.1, -0.05) is 0 Å². The highest BCUT2D eigenvalue weighted by molar-refractivity contribution is 5.77. The quantitative estimate of drug-likeness (QED) is 0.578. The minimum atomic E-state index is -0.877. The fourth-order valence-corrected chi connectivity index (χ4v) is 0.757. The number of hydrogen-bond donors (Lipinski definition) is 1. The highest BCUT2D eigenvalue weighted by Crippen LogP contribution is 2.18. The monoisotopic (exact) mass is 201 g/mol. The van der Waals surface area contributed by atoms with E-state index in [0.717, 1.165) is 18.2 Å². The van der Waals surface area contributed by atoms with Crippen LogP contribution in [0.25, 0.3) is 0 Å². The summed E-state index contributed by atoms with van der Waals surface area (Å²) in [5, 5.41) is 0. The molecule has 76 valence electrons. The van der Waals surface area contributed by atoms with E-state index in [1.165, 1.54) is 6.92 Å². The molecule has 1 aromatic rings. The van der Waals surface area contributed by atoms with Gasteiger partial charge in [0.2, 0.25) is 0 Å². The van der Waals surface area contributed by atoms with Crippen molar-refractivity contribution in [2.75, 3.05) is 0 Å². The largest absolute Gasteiger partial charge is 0.422 e. The molecule has 0 saturated carbocycles. The van der Waals surface area contributed by atoms with Crippen LogP contribution in [-0.4, -0.2) is 12.0 Å². The van der Waals surface area contributed by atoms with Gasteiger partial charge in [-0.05, 0) is 19.1 Å². The van der Waals surface area contributed by atoms with Crippen LogP contribution in [0.2, 0.25) is 0 Å². The Balaban J connectivity index is 2.86. The Kier molecular flexibility index (Phi) is 3.14. The molecule has 1 rings (SSSR count). The molecule has 0 aromatic heterocycles. The molecule has 14 heavy (non-hydrogen) atoms.